The number of nitrogen functional groups attached to an aromatic ring is 1. The zero-order chi connectivity index (χ0) is 10.3. The summed E-state index contributed by atoms with van der Waals surface area (Å²) in [5, 5.41) is 4.42. The molecule has 2 rings (SSSR count). The lowest BCUT2D eigenvalue weighted by Gasteiger charge is -2.38. The fraction of sp³-hybridized carbons (Fsp3) is 0.727. The van der Waals surface area contributed by atoms with Gasteiger partial charge in [-0.05, 0) is 31.6 Å². The van der Waals surface area contributed by atoms with Crippen LogP contribution in [0.25, 0.3) is 0 Å². The van der Waals surface area contributed by atoms with Gasteiger partial charge in [-0.25, -0.2) is 4.68 Å². The Morgan fingerprint density at radius 3 is 2.57 bits per heavy atom. The second-order valence-electron chi connectivity index (χ2n) is 4.78. The van der Waals surface area contributed by atoms with Crippen LogP contribution in [0.5, 0.6) is 0 Å². The fourth-order valence-electron chi connectivity index (χ4n) is 2.20. The second kappa shape index (κ2) is 3.30. The summed E-state index contributed by atoms with van der Waals surface area (Å²) in [6.07, 6.45) is 2.48. The molecule has 0 atom stereocenters. The molecule has 3 nitrogen and oxygen atoms in total. The molecule has 0 bridgehead atoms. The van der Waals surface area contributed by atoms with Gasteiger partial charge in [-0.2, -0.15) is 5.10 Å². The molecule has 0 radical (unpaired) electrons. The summed E-state index contributed by atoms with van der Waals surface area (Å²) in [7, 11) is 0. The number of nitrogens with two attached hydrogens (primary N) is 1. The lowest BCUT2D eigenvalue weighted by molar-refractivity contribution is 0.138. The van der Waals surface area contributed by atoms with Crippen molar-refractivity contribution in [3.05, 3.63) is 11.8 Å². The van der Waals surface area contributed by atoms with Gasteiger partial charge >= 0.3 is 0 Å². The molecule has 0 aliphatic heterocycles. The van der Waals surface area contributed by atoms with Gasteiger partial charge in [-0.15, -0.1) is 0 Å². The summed E-state index contributed by atoms with van der Waals surface area (Å²) in [5.74, 6) is 2.47. The molecule has 0 unspecified atom stereocenters. The Balaban J connectivity index is 2.03. The third-order valence-electron chi connectivity index (χ3n) is 3.33. The fourth-order valence-corrected chi connectivity index (χ4v) is 2.20. The van der Waals surface area contributed by atoms with E-state index in [9.17, 15) is 0 Å². The van der Waals surface area contributed by atoms with Crippen molar-refractivity contribution in [2.24, 2.45) is 11.8 Å². The Labute approximate surface area is 85.3 Å². The Morgan fingerprint density at radius 1 is 1.50 bits per heavy atom. The highest BCUT2D eigenvalue weighted by Crippen LogP contribution is 2.42. The highest BCUT2D eigenvalue weighted by atomic mass is 15.3. The van der Waals surface area contributed by atoms with Gasteiger partial charge < -0.3 is 5.73 Å². The maximum absolute atomic E-state index is 5.87. The molecule has 1 fully saturated rings. The highest BCUT2D eigenvalue weighted by molar-refractivity contribution is 5.31. The zero-order valence-corrected chi connectivity index (χ0v) is 9.20. The minimum absolute atomic E-state index is 0.552. The predicted molar refractivity (Wildman–Crippen MR) is 58.0 cm³/mol. The average Bonchev–Trinajstić information content (AvgIpc) is 2.26. The monoisotopic (exact) mass is 193 g/mol. The summed E-state index contributed by atoms with van der Waals surface area (Å²) in [5.41, 5.74) is 6.90. The summed E-state index contributed by atoms with van der Waals surface area (Å²) < 4.78 is 1.99. The topological polar surface area (TPSA) is 43.8 Å². The van der Waals surface area contributed by atoms with E-state index in [1.165, 1.54) is 12.8 Å². The van der Waals surface area contributed by atoms with E-state index in [0.29, 0.717) is 6.04 Å². The third-order valence-corrected chi connectivity index (χ3v) is 3.33. The summed E-state index contributed by atoms with van der Waals surface area (Å²) in [6.45, 7) is 6.57. The van der Waals surface area contributed by atoms with Crippen LogP contribution < -0.4 is 5.73 Å². The number of aromatic nitrogens is 2. The van der Waals surface area contributed by atoms with Crippen molar-refractivity contribution in [1.82, 2.24) is 9.78 Å². The highest BCUT2D eigenvalue weighted by Gasteiger charge is 2.33. The summed E-state index contributed by atoms with van der Waals surface area (Å²) >= 11 is 0. The van der Waals surface area contributed by atoms with Crippen molar-refractivity contribution >= 4 is 5.82 Å². The molecular weight excluding hydrogens is 174 g/mol. The minimum Gasteiger partial charge on any atom is -0.384 e. The average molecular weight is 193 g/mol. The van der Waals surface area contributed by atoms with Crippen molar-refractivity contribution in [2.45, 2.75) is 39.7 Å². The van der Waals surface area contributed by atoms with Gasteiger partial charge in [0.15, 0.2) is 0 Å². The number of hydrogen-bond donors (Lipinski definition) is 1. The van der Waals surface area contributed by atoms with Crippen molar-refractivity contribution in [3.8, 4) is 0 Å². The van der Waals surface area contributed by atoms with Crippen LogP contribution in [0, 0.1) is 18.8 Å². The normalized spacial score (nSPS) is 26.6. The quantitative estimate of drug-likeness (QED) is 0.783. The van der Waals surface area contributed by atoms with Crippen LogP contribution in [0.3, 0.4) is 0 Å². The first-order chi connectivity index (χ1) is 6.58. The van der Waals surface area contributed by atoms with Crippen LogP contribution in [-0.4, -0.2) is 9.78 Å². The van der Waals surface area contributed by atoms with E-state index in [1.807, 2.05) is 17.7 Å². The van der Waals surface area contributed by atoms with Gasteiger partial charge in [-0.3, -0.25) is 0 Å². The molecule has 1 saturated carbocycles. The van der Waals surface area contributed by atoms with E-state index in [2.05, 4.69) is 18.9 Å². The molecule has 0 amide bonds. The molecule has 1 aliphatic rings. The number of aryl methyl sites for hydroxylation is 1. The van der Waals surface area contributed by atoms with E-state index >= 15 is 0 Å². The lowest BCUT2D eigenvalue weighted by Crippen LogP contribution is -2.31. The summed E-state index contributed by atoms with van der Waals surface area (Å²) in [4.78, 5) is 0. The first-order valence-electron chi connectivity index (χ1n) is 5.39. The Kier molecular flexibility index (Phi) is 2.25. The number of rotatable bonds is 2. The number of anilines is 1. The van der Waals surface area contributed by atoms with E-state index in [1.54, 1.807) is 0 Å². The molecule has 14 heavy (non-hydrogen) atoms. The third kappa shape index (κ3) is 1.51. The van der Waals surface area contributed by atoms with Crippen LogP contribution in [-0.2, 0) is 0 Å². The van der Waals surface area contributed by atoms with Gasteiger partial charge in [0, 0.05) is 6.07 Å². The van der Waals surface area contributed by atoms with Gasteiger partial charge in [0.25, 0.3) is 0 Å². The molecule has 3 heteroatoms. The first-order valence-corrected chi connectivity index (χ1v) is 5.39. The van der Waals surface area contributed by atoms with E-state index in [-0.39, 0.29) is 0 Å². The predicted octanol–water partition coefficient (Wildman–Crippen LogP) is 2.38. The molecule has 1 aliphatic carbocycles. The van der Waals surface area contributed by atoms with E-state index in [0.717, 1.165) is 23.3 Å². The molecular formula is C11H19N3. The van der Waals surface area contributed by atoms with Gasteiger partial charge in [0.05, 0.1) is 11.7 Å². The maximum atomic E-state index is 5.87. The van der Waals surface area contributed by atoms with Crippen molar-refractivity contribution in [1.29, 1.82) is 0 Å². The van der Waals surface area contributed by atoms with Crippen molar-refractivity contribution < 1.29 is 0 Å². The van der Waals surface area contributed by atoms with E-state index in [4.69, 9.17) is 5.73 Å². The Morgan fingerprint density at radius 2 is 2.14 bits per heavy atom. The van der Waals surface area contributed by atoms with Gasteiger partial charge in [0.1, 0.15) is 5.82 Å². The van der Waals surface area contributed by atoms with Crippen LogP contribution in [0.1, 0.15) is 38.4 Å². The first kappa shape index (κ1) is 9.56. The van der Waals surface area contributed by atoms with Gasteiger partial charge in [0.2, 0.25) is 0 Å². The molecule has 0 saturated heterocycles. The smallest absolute Gasteiger partial charge is 0.122 e. The van der Waals surface area contributed by atoms with Crippen molar-refractivity contribution in [3.63, 3.8) is 0 Å². The largest absolute Gasteiger partial charge is 0.384 e. The SMILES string of the molecule is Cc1cc(N)n(C2CC(C(C)C)C2)n1. The molecule has 1 heterocycles. The van der Waals surface area contributed by atoms with E-state index < -0.39 is 0 Å². The molecule has 78 valence electrons. The van der Waals surface area contributed by atoms with Gasteiger partial charge in [-0.1, -0.05) is 13.8 Å². The molecule has 0 spiro atoms. The summed E-state index contributed by atoms with van der Waals surface area (Å²) in [6, 6.07) is 2.50. The van der Waals surface area contributed by atoms with Crippen LogP contribution in [0.4, 0.5) is 5.82 Å². The Hall–Kier alpha value is -0.990. The molecule has 2 N–H and O–H groups in total. The zero-order valence-electron chi connectivity index (χ0n) is 9.20. The Bertz CT molecular complexity index is 321. The second-order valence-corrected chi connectivity index (χ2v) is 4.78. The maximum Gasteiger partial charge on any atom is 0.122 e. The molecule has 1 aromatic heterocycles. The van der Waals surface area contributed by atoms with Crippen LogP contribution in [0.2, 0.25) is 0 Å². The van der Waals surface area contributed by atoms with Crippen LogP contribution in [0.15, 0.2) is 6.07 Å². The minimum atomic E-state index is 0.552. The number of hydrogen-bond acceptors (Lipinski definition) is 2. The lowest BCUT2D eigenvalue weighted by atomic mass is 9.74. The number of nitrogens with zero attached hydrogens (tertiary/aromatic N) is 2. The molecule has 1 aromatic rings. The molecule has 0 aromatic carbocycles. The van der Waals surface area contributed by atoms with Crippen molar-refractivity contribution in [2.75, 3.05) is 5.73 Å². The van der Waals surface area contributed by atoms with Crippen LogP contribution >= 0.6 is 0 Å². The standard InChI is InChI=1S/C11H19N3/c1-7(2)9-5-10(6-9)14-11(12)4-8(3)13-14/h4,7,9-10H,5-6,12H2,1-3H3.